The van der Waals surface area contributed by atoms with Gasteiger partial charge in [-0.25, -0.2) is 4.79 Å². The van der Waals surface area contributed by atoms with Crippen molar-refractivity contribution >= 4 is 17.7 Å². The molecule has 0 heterocycles. The summed E-state index contributed by atoms with van der Waals surface area (Å²) in [7, 11) is 4.82. The highest BCUT2D eigenvalue weighted by molar-refractivity contribution is 6.03. The van der Waals surface area contributed by atoms with Crippen molar-refractivity contribution in [2.45, 2.75) is 6.92 Å². The topological polar surface area (TPSA) is 74.8 Å². The van der Waals surface area contributed by atoms with Crippen LogP contribution in [0.1, 0.15) is 5.56 Å². The average Bonchev–Trinajstić information content (AvgIpc) is 2.38. The minimum Gasteiger partial charge on any atom is -0.495 e. The van der Waals surface area contributed by atoms with Gasteiger partial charge in [-0.1, -0.05) is 12.1 Å². The number of carbonyl (C=O) groups excluding carboxylic acids is 1. The van der Waals surface area contributed by atoms with E-state index >= 15 is 0 Å². The fraction of sp³-hybridized carbons (Fsp3) is 0.333. The van der Waals surface area contributed by atoms with Gasteiger partial charge in [0.2, 0.25) is 0 Å². The van der Waals surface area contributed by atoms with Crippen LogP contribution in [0, 0.1) is 6.92 Å². The molecule has 0 spiro atoms. The highest BCUT2D eigenvalue weighted by Crippen LogP contribution is 2.27. The fourth-order valence-electron chi connectivity index (χ4n) is 1.45. The maximum Gasteiger partial charge on any atom is 0.326 e. The summed E-state index contributed by atoms with van der Waals surface area (Å²) in [6.45, 7) is 1.89. The summed E-state index contributed by atoms with van der Waals surface area (Å²) in [5, 5.41) is 8.07. The number of ether oxygens (including phenoxy) is 1. The molecule has 0 aliphatic heterocycles. The molecule has 0 fully saturated rings. The number of hydrogen-bond donors (Lipinski definition) is 3. The lowest BCUT2D eigenvalue weighted by molar-refractivity contribution is 0.255. The van der Waals surface area contributed by atoms with Gasteiger partial charge in [-0.3, -0.25) is 10.3 Å². The van der Waals surface area contributed by atoms with E-state index in [2.05, 4.69) is 20.9 Å². The largest absolute Gasteiger partial charge is 0.495 e. The quantitative estimate of drug-likeness (QED) is 0.547. The minimum atomic E-state index is -0.377. The fourth-order valence-corrected chi connectivity index (χ4v) is 1.45. The van der Waals surface area contributed by atoms with Gasteiger partial charge in [0.25, 0.3) is 0 Å². The Morgan fingerprint density at radius 2 is 2.11 bits per heavy atom. The molecule has 0 bridgehead atoms. The first-order chi connectivity index (χ1) is 8.62. The van der Waals surface area contributed by atoms with Gasteiger partial charge in [0.05, 0.1) is 12.8 Å². The van der Waals surface area contributed by atoms with Gasteiger partial charge in [-0.15, -0.1) is 0 Å². The minimum absolute atomic E-state index is 0.377. The van der Waals surface area contributed by atoms with Crippen molar-refractivity contribution in [2.24, 2.45) is 4.99 Å². The zero-order valence-electron chi connectivity index (χ0n) is 11.0. The monoisotopic (exact) mass is 250 g/mol. The van der Waals surface area contributed by atoms with Gasteiger partial charge in [-0.2, -0.15) is 0 Å². The molecule has 0 saturated heterocycles. The van der Waals surface area contributed by atoms with Crippen LogP contribution in [0.15, 0.2) is 23.2 Å². The van der Waals surface area contributed by atoms with Crippen LogP contribution in [0.25, 0.3) is 0 Å². The molecule has 0 aliphatic rings. The summed E-state index contributed by atoms with van der Waals surface area (Å²) >= 11 is 0. The summed E-state index contributed by atoms with van der Waals surface area (Å²) in [5.41, 5.74) is 1.56. The second kappa shape index (κ2) is 6.48. The summed E-state index contributed by atoms with van der Waals surface area (Å²) in [6.07, 6.45) is 0. The van der Waals surface area contributed by atoms with Gasteiger partial charge in [0, 0.05) is 14.1 Å². The molecule has 6 nitrogen and oxygen atoms in total. The van der Waals surface area contributed by atoms with Crippen molar-refractivity contribution in [1.29, 1.82) is 0 Å². The first-order valence-electron chi connectivity index (χ1n) is 5.48. The smallest absolute Gasteiger partial charge is 0.326 e. The number of urea groups is 1. The molecule has 0 atom stereocenters. The summed E-state index contributed by atoms with van der Waals surface area (Å²) in [6, 6.07) is 5.17. The Morgan fingerprint density at radius 1 is 1.39 bits per heavy atom. The Kier molecular flexibility index (Phi) is 4.98. The van der Waals surface area contributed by atoms with E-state index in [0.29, 0.717) is 17.4 Å². The van der Waals surface area contributed by atoms with E-state index in [1.54, 1.807) is 27.3 Å². The third kappa shape index (κ3) is 3.38. The first-order valence-corrected chi connectivity index (χ1v) is 5.48. The van der Waals surface area contributed by atoms with Crippen molar-refractivity contribution in [3.8, 4) is 5.75 Å². The number of carbonyl (C=O) groups is 1. The number of aliphatic imine (C=N–C) groups is 1. The number of guanidine groups is 1. The molecular weight excluding hydrogens is 232 g/mol. The molecule has 6 heteroatoms. The van der Waals surface area contributed by atoms with Gasteiger partial charge in [0.1, 0.15) is 5.75 Å². The first kappa shape index (κ1) is 13.8. The van der Waals surface area contributed by atoms with Crippen LogP contribution < -0.4 is 20.7 Å². The molecule has 3 N–H and O–H groups in total. The summed E-state index contributed by atoms with van der Waals surface area (Å²) in [4.78, 5) is 15.6. The highest BCUT2D eigenvalue weighted by Gasteiger charge is 2.10. The number of anilines is 1. The van der Waals surface area contributed by atoms with Crippen molar-refractivity contribution < 1.29 is 9.53 Å². The van der Waals surface area contributed by atoms with Crippen LogP contribution in [0.5, 0.6) is 5.75 Å². The van der Waals surface area contributed by atoms with Crippen LogP contribution in [-0.2, 0) is 0 Å². The highest BCUT2D eigenvalue weighted by atomic mass is 16.5. The molecule has 0 aromatic heterocycles. The van der Waals surface area contributed by atoms with Crippen LogP contribution in [0.2, 0.25) is 0 Å². The number of aryl methyl sites for hydroxylation is 1. The van der Waals surface area contributed by atoms with Gasteiger partial charge in [-0.05, 0) is 18.6 Å². The lowest BCUT2D eigenvalue weighted by Gasteiger charge is -2.13. The number of nitrogens with zero attached hydrogens (tertiary/aromatic N) is 1. The van der Waals surface area contributed by atoms with Gasteiger partial charge in [0.15, 0.2) is 5.96 Å². The molecule has 0 radical (unpaired) electrons. The second-order valence-corrected chi connectivity index (χ2v) is 3.55. The molecule has 2 amide bonds. The standard InChI is InChI=1S/C12H18N4O2/c1-8-6-5-7-9(18-4)10(8)15-12(17)16-11(13-2)14-3/h5-7H,1-4H3,(H3,13,14,15,16,17). The Balaban J connectivity index is 2.82. The lowest BCUT2D eigenvalue weighted by atomic mass is 10.2. The molecule has 1 aromatic carbocycles. The van der Waals surface area contributed by atoms with Crippen LogP contribution in [0.3, 0.4) is 0 Å². The van der Waals surface area contributed by atoms with E-state index in [9.17, 15) is 4.79 Å². The number of rotatable bonds is 2. The third-order valence-electron chi connectivity index (χ3n) is 2.39. The molecule has 1 aromatic rings. The van der Waals surface area contributed by atoms with E-state index in [-0.39, 0.29) is 6.03 Å². The number of methoxy groups -OCH3 is 1. The number of hydrogen-bond acceptors (Lipinski definition) is 3. The Labute approximate surface area is 106 Å². The molecule has 0 saturated carbocycles. The molecular formula is C12H18N4O2. The molecule has 0 unspecified atom stereocenters. The molecule has 18 heavy (non-hydrogen) atoms. The molecule has 98 valence electrons. The van der Waals surface area contributed by atoms with Crippen molar-refractivity contribution in [2.75, 3.05) is 26.5 Å². The Morgan fingerprint density at radius 3 is 2.67 bits per heavy atom. The number of benzene rings is 1. The maximum atomic E-state index is 11.8. The third-order valence-corrected chi connectivity index (χ3v) is 2.39. The van der Waals surface area contributed by atoms with Crippen molar-refractivity contribution in [3.63, 3.8) is 0 Å². The number of para-hydroxylation sites is 1. The zero-order valence-corrected chi connectivity index (χ0v) is 11.0. The second-order valence-electron chi connectivity index (χ2n) is 3.55. The number of nitrogens with one attached hydrogen (secondary N) is 3. The predicted octanol–water partition coefficient (Wildman–Crippen LogP) is 1.33. The summed E-state index contributed by atoms with van der Waals surface area (Å²) in [5.74, 6) is 1.00. The zero-order chi connectivity index (χ0) is 13.5. The van der Waals surface area contributed by atoms with E-state index in [4.69, 9.17) is 4.74 Å². The van der Waals surface area contributed by atoms with Crippen LogP contribution >= 0.6 is 0 Å². The Hall–Kier alpha value is -2.24. The maximum absolute atomic E-state index is 11.8. The van der Waals surface area contributed by atoms with Crippen molar-refractivity contribution in [3.05, 3.63) is 23.8 Å². The molecule has 0 aliphatic carbocycles. The number of amides is 2. The molecule has 1 rings (SSSR count). The van der Waals surface area contributed by atoms with E-state index in [1.807, 2.05) is 19.1 Å². The SMILES string of the molecule is CN=C(NC)NC(=O)Nc1c(C)cccc1OC. The summed E-state index contributed by atoms with van der Waals surface area (Å²) < 4.78 is 5.20. The van der Waals surface area contributed by atoms with E-state index in [1.165, 1.54) is 0 Å². The van der Waals surface area contributed by atoms with Crippen molar-refractivity contribution in [1.82, 2.24) is 10.6 Å². The van der Waals surface area contributed by atoms with E-state index in [0.717, 1.165) is 5.56 Å². The lowest BCUT2D eigenvalue weighted by Crippen LogP contribution is -2.41. The average molecular weight is 250 g/mol. The normalized spacial score (nSPS) is 10.8. The Bertz CT molecular complexity index is 457. The predicted molar refractivity (Wildman–Crippen MR) is 72.3 cm³/mol. The van der Waals surface area contributed by atoms with Crippen LogP contribution in [-0.4, -0.2) is 33.2 Å². The van der Waals surface area contributed by atoms with Crippen LogP contribution in [0.4, 0.5) is 10.5 Å². The van der Waals surface area contributed by atoms with E-state index < -0.39 is 0 Å². The van der Waals surface area contributed by atoms with Gasteiger partial charge >= 0.3 is 6.03 Å². The van der Waals surface area contributed by atoms with Gasteiger partial charge < -0.3 is 15.4 Å².